The summed E-state index contributed by atoms with van der Waals surface area (Å²) in [6.07, 6.45) is 3.70. The molecule has 0 unspecified atom stereocenters. The van der Waals surface area contributed by atoms with Gasteiger partial charge in [0.2, 0.25) is 5.91 Å². The van der Waals surface area contributed by atoms with Gasteiger partial charge < -0.3 is 10.6 Å². The van der Waals surface area contributed by atoms with Crippen LogP contribution in [0.5, 0.6) is 0 Å². The highest BCUT2D eigenvalue weighted by atomic mass is 16.2. The van der Waals surface area contributed by atoms with Crippen LogP contribution in [0.25, 0.3) is 0 Å². The Balaban J connectivity index is 1.56. The van der Waals surface area contributed by atoms with Crippen molar-refractivity contribution in [3.63, 3.8) is 0 Å². The Morgan fingerprint density at radius 1 is 0.806 bits per heavy atom. The lowest BCUT2D eigenvalue weighted by atomic mass is 9.78. The fourth-order valence-corrected chi connectivity index (χ4v) is 4.51. The predicted molar refractivity (Wildman–Crippen MR) is 124 cm³/mol. The van der Waals surface area contributed by atoms with Gasteiger partial charge in [-0.25, -0.2) is 0 Å². The lowest BCUT2D eigenvalue weighted by Gasteiger charge is -2.29. The first-order valence-electron chi connectivity index (χ1n) is 10.9. The van der Waals surface area contributed by atoms with Crippen LogP contribution in [0.15, 0.2) is 84.9 Å². The van der Waals surface area contributed by atoms with E-state index in [0.717, 1.165) is 36.8 Å². The van der Waals surface area contributed by atoms with E-state index in [1.165, 1.54) is 0 Å². The molecule has 1 atom stereocenters. The van der Waals surface area contributed by atoms with E-state index in [1.54, 1.807) is 12.1 Å². The zero-order chi connectivity index (χ0) is 21.7. The fourth-order valence-electron chi connectivity index (χ4n) is 4.51. The van der Waals surface area contributed by atoms with Crippen LogP contribution in [0.3, 0.4) is 0 Å². The predicted octanol–water partition coefficient (Wildman–Crippen LogP) is 5.63. The minimum absolute atomic E-state index is 0.0347. The first kappa shape index (κ1) is 20.9. The van der Waals surface area contributed by atoms with Crippen molar-refractivity contribution >= 4 is 17.5 Å². The molecular weight excluding hydrogens is 384 g/mol. The molecule has 1 fully saturated rings. The van der Waals surface area contributed by atoms with Gasteiger partial charge in [-0.1, -0.05) is 85.6 Å². The Kier molecular flexibility index (Phi) is 6.17. The summed E-state index contributed by atoms with van der Waals surface area (Å²) >= 11 is 0. The van der Waals surface area contributed by atoms with E-state index >= 15 is 0 Å². The Labute approximate surface area is 183 Å². The molecule has 1 aliphatic carbocycles. The Morgan fingerprint density at radius 2 is 1.39 bits per heavy atom. The van der Waals surface area contributed by atoms with Crippen LogP contribution in [-0.4, -0.2) is 11.8 Å². The van der Waals surface area contributed by atoms with Crippen molar-refractivity contribution in [3.05, 3.63) is 102 Å². The third kappa shape index (κ3) is 4.38. The number of benzene rings is 3. The maximum atomic E-state index is 13.5. The minimum Gasteiger partial charge on any atom is -0.345 e. The van der Waals surface area contributed by atoms with E-state index in [-0.39, 0.29) is 17.9 Å². The highest BCUT2D eigenvalue weighted by molar-refractivity contribution is 6.06. The standard InChI is InChI=1S/C27H28N2O2/c1-20(21-12-4-2-5-13-21)28-25(30)23-16-8-9-17-24(23)29-26(31)27(18-10-11-19-27)22-14-6-3-7-15-22/h2-9,12-17,20H,10-11,18-19H2,1H3,(H,28,30)(H,29,31)/t20-/m1/s1. The summed E-state index contributed by atoms with van der Waals surface area (Å²) in [7, 11) is 0. The van der Waals surface area contributed by atoms with Gasteiger partial charge in [-0.15, -0.1) is 0 Å². The van der Waals surface area contributed by atoms with Crippen LogP contribution < -0.4 is 10.6 Å². The molecular formula is C27H28N2O2. The van der Waals surface area contributed by atoms with Gasteiger partial charge in [0.15, 0.2) is 0 Å². The number of carbonyl (C=O) groups excluding carboxylic acids is 2. The van der Waals surface area contributed by atoms with Crippen LogP contribution >= 0.6 is 0 Å². The quantitative estimate of drug-likeness (QED) is 0.551. The Morgan fingerprint density at radius 3 is 2.06 bits per heavy atom. The topological polar surface area (TPSA) is 58.2 Å². The summed E-state index contributed by atoms with van der Waals surface area (Å²) in [4.78, 5) is 26.6. The molecule has 158 valence electrons. The maximum Gasteiger partial charge on any atom is 0.253 e. The number of carbonyl (C=O) groups is 2. The summed E-state index contributed by atoms with van der Waals surface area (Å²) in [6.45, 7) is 1.96. The average molecular weight is 413 g/mol. The van der Waals surface area contributed by atoms with Crippen LogP contribution in [-0.2, 0) is 10.2 Å². The Bertz CT molecular complexity index is 1040. The van der Waals surface area contributed by atoms with Crippen LogP contribution in [0.1, 0.15) is 60.1 Å². The van der Waals surface area contributed by atoms with Crippen molar-refractivity contribution in [1.29, 1.82) is 0 Å². The molecule has 0 radical (unpaired) electrons. The zero-order valence-electron chi connectivity index (χ0n) is 17.8. The third-order valence-corrected chi connectivity index (χ3v) is 6.29. The van der Waals surface area contributed by atoms with Gasteiger partial charge in [0.05, 0.1) is 22.7 Å². The van der Waals surface area contributed by atoms with Crippen LogP contribution in [0.4, 0.5) is 5.69 Å². The third-order valence-electron chi connectivity index (χ3n) is 6.29. The summed E-state index contributed by atoms with van der Waals surface area (Å²) in [5, 5.41) is 6.13. The van der Waals surface area contributed by atoms with Crippen molar-refractivity contribution in [2.24, 2.45) is 0 Å². The van der Waals surface area contributed by atoms with Crippen molar-refractivity contribution in [3.8, 4) is 0 Å². The first-order valence-corrected chi connectivity index (χ1v) is 10.9. The van der Waals surface area contributed by atoms with Crippen molar-refractivity contribution in [2.45, 2.75) is 44.1 Å². The monoisotopic (exact) mass is 412 g/mol. The van der Waals surface area contributed by atoms with E-state index in [2.05, 4.69) is 10.6 Å². The minimum atomic E-state index is -0.540. The second-order valence-corrected chi connectivity index (χ2v) is 8.26. The smallest absolute Gasteiger partial charge is 0.253 e. The highest BCUT2D eigenvalue weighted by Crippen LogP contribution is 2.42. The molecule has 1 aliphatic rings. The molecule has 2 N–H and O–H groups in total. The molecule has 0 aliphatic heterocycles. The molecule has 4 heteroatoms. The molecule has 0 spiro atoms. The molecule has 0 saturated heterocycles. The van der Waals surface area contributed by atoms with Crippen LogP contribution in [0.2, 0.25) is 0 Å². The van der Waals surface area contributed by atoms with Gasteiger partial charge >= 0.3 is 0 Å². The van der Waals surface area contributed by atoms with Crippen LogP contribution in [0, 0.1) is 0 Å². The largest absolute Gasteiger partial charge is 0.345 e. The molecule has 1 saturated carbocycles. The second kappa shape index (κ2) is 9.17. The van der Waals surface area contributed by atoms with Gasteiger partial charge in [-0.3, -0.25) is 9.59 Å². The van der Waals surface area contributed by atoms with E-state index in [0.29, 0.717) is 11.3 Å². The molecule has 4 rings (SSSR count). The normalized spacial score (nSPS) is 15.8. The Hall–Kier alpha value is -3.40. The van der Waals surface area contributed by atoms with Gasteiger partial charge in [-0.05, 0) is 43.0 Å². The number of nitrogens with one attached hydrogen (secondary N) is 2. The molecule has 4 nitrogen and oxygen atoms in total. The van der Waals surface area contributed by atoms with Gasteiger partial charge in [0, 0.05) is 0 Å². The number of amides is 2. The molecule has 0 heterocycles. The first-order chi connectivity index (χ1) is 15.1. The van der Waals surface area contributed by atoms with E-state index in [4.69, 9.17) is 0 Å². The second-order valence-electron chi connectivity index (χ2n) is 8.26. The number of hydrogen-bond donors (Lipinski definition) is 2. The molecule has 31 heavy (non-hydrogen) atoms. The molecule has 3 aromatic carbocycles. The molecule has 2 amide bonds. The SMILES string of the molecule is C[C@@H](NC(=O)c1ccccc1NC(=O)C1(c2ccccc2)CCCC1)c1ccccc1. The highest BCUT2D eigenvalue weighted by Gasteiger charge is 2.42. The molecule has 0 bridgehead atoms. The lowest BCUT2D eigenvalue weighted by Crippen LogP contribution is -2.38. The van der Waals surface area contributed by atoms with E-state index in [9.17, 15) is 9.59 Å². The van der Waals surface area contributed by atoms with Crippen molar-refractivity contribution in [1.82, 2.24) is 5.32 Å². The number of hydrogen-bond acceptors (Lipinski definition) is 2. The van der Waals surface area contributed by atoms with Gasteiger partial charge in [0.25, 0.3) is 5.91 Å². The molecule has 0 aromatic heterocycles. The van der Waals surface area contributed by atoms with E-state index < -0.39 is 5.41 Å². The zero-order valence-corrected chi connectivity index (χ0v) is 17.8. The maximum absolute atomic E-state index is 13.5. The summed E-state index contributed by atoms with van der Waals surface area (Å²) in [5.74, 6) is -0.236. The number of anilines is 1. The fraction of sp³-hybridized carbons (Fsp3) is 0.259. The summed E-state index contributed by atoms with van der Waals surface area (Å²) in [5.41, 5.74) is 2.56. The number of para-hydroxylation sites is 1. The van der Waals surface area contributed by atoms with Gasteiger partial charge in [0.1, 0.15) is 0 Å². The lowest BCUT2D eigenvalue weighted by molar-refractivity contribution is -0.121. The number of rotatable bonds is 6. The summed E-state index contributed by atoms with van der Waals surface area (Å²) in [6, 6.07) is 26.9. The van der Waals surface area contributed by atoms with Crippen molar-refractivity contribution < 1.29 is 9.59 Å². The van der Waals surface area contributed by atoms with Gasteiger partial charge in [-0.2, -0.15) is 0 Å². The average Bonchev–Trinajstić information content (AvgIpc) is 3.32. The van der Waals surface area contributed by atoms with Crippen molar-refractivity contribution in [2.75, 3.05) is 5.32 Å². The summed E-state index contributed by atoms with van der Waals surface area (Å²) < 4.78 is 0. The molecule has 3 aromatic rings. The van der Waals surface area contributed by atoms with E-state index in [1.807, 2.05) is 79.7 Å².